The number of carbonyl (C=O) groups is 1. The molecule has 0 aromatic heterocycles. The Balaban J connectivity index is 0.00000176. The van der Waals surface area contributed by atoms with Crippen molar-refractivity contribution in [3.8, 4) is 0 Å². The second-order valence-corrected chi connectivity index (χ2v) is 5.26. The van der Waals surface area contributed by atoms with Crippen LogP contribution < -0.4 is 5.32 Å². The molecule has 1 N–H and O–H groups in total. The Hall–Kier alpha value is -1.21. The van der Waals surface area contributed by atoms with Crippen LogP contribution in [0.2, 0.25) is 0 Å². The Morgan fingerprint density at radius 2 is 2.00 bits per heavy atom. The van der Waals surface area contributed by atoms with Gasteiger partial charge in [0.15, 0.2) is 0 Å². The first kappa shape index (κ1) is 17.1. The number of nitrogens with one attached hydrogen (secondary N) is 1. The van der Waals surface area contributed by atoms with Gasteiger partial charge in [-0.05, 0) is 17.7 Å². The summed E-state index contributed by atoms with van der Waals surface area (Å²) in [5.41, 5.74) is 0.886. The third-order valence-electron chi connectivity index (χ3n) is 3.82. The number of amides is 1. The van der Waals surface area contributed by atoms with E-state index in [4.69, 9.17) is 9.47 Å². The van der Waals surface area contributed by atoms with E-state index in [1.807, 2.05) is 0 Å². The lowest BCUT2D eigenvalue weighted by atomic mass is 10.1. The van der Waals surface area contributed by atoms with Crippen molar-refractivity contribution in [2.45, 2.75) is 12.2 Å². The van der Waals surface area contributed by atoms with Crippen LogP contribution in [0.4, 0.5) is 4.39 Å². The Labute approximate surface area is 135 Å². The summed E-state index contributed by atoms with van der Waals surface area (Å²) in [6.07, 6.45) is -0.620. The summed E-state index contributed by atoms with van der Waals surface area (Å²) >= 11 is 0. The zero-order valence-corrected chi connectivity index (χ0v) is 13.0. The molecule has 1 amide bonds. The molecule has 22 heavy (non-hydrogen) atoms. The lowest BCUT2D eigenvalue weighted by Gasteiger charge is -2.36. The van der Waals surface area contributed by atoms with E-state index in [2.05, 4.69) is 5.32 Å². The Bertz CT molecular complexity index is 494. The fraction of sp³-hybridized carbons (Fsp3) is 0.533. The van der Waals surface area contributed by atoms with Crippen LogP contribution in [0, 0.1) is 5.82 Å². The smallest absolute Gasteiger partial charge is 0.253 e. The van der Waals surface area contributed by atoms with E-state index >= 15 is 0 Å². The monoisotopic (exact) mass is 330 g/mol. The maximum Gasteiger partial charge on any atom is 0.253 e. The van der Waals surface area contributed by atoms with E-state index < -0.39 is 6.10 Å². The molecule has 1 aromatic rings. The van der Waals surface area contributed by atoms with Gasteiger partial charge in [-0.2, -0.15) is 0 Å². The van der Waals surface area contributed by atoms with Crippen LogP contribution in [-0.2, 0) is 14.3 Å². The van der Waals surface area contributed by atoms with Gasteiger partial charge in [-0.25, -0.2) is 4.39 Å². The van der Waals surface area contributed by atoms with Gasteiger partial charge in [0.25, 0.3) is 5.91 Å². The first-order chi connectivity index (χ1) is 10.2. The van der Waals surface area contributed by atoms with Gasteiger partial charge in [-0.3, -0.25) is 4.79 Å². The van der Waals surface area contributed by atoms with Crippen LogP contribution in [-0.4, -0.2) is 56.3 Å². The summed E-state index contributed by atoms with van der Waals surface area (Å²) in [5.74, 6) is -0.276. The van der Waals surface area contributed by atoms with E-state index in [1.54, 1.807) is 17.0 Å². The van der Waals surface area contributed by atoms with E-state index in [1.165, 1.54) is 12.1 Å². The Morgan fingerprint density at radius 1 is 1.23 bits per heavy atom. The number of rotatable bonds is 2. The summed E-state index contributed by atoms with van der Waals surface area (Å²) in [6.45, 7) is 3.42. The lowest BCUT2D eigenvalue weighted by molar-refractivity contribution is -0.152. The SMILES string of the molecule is Cl.O=C(C1CNCCO1)N1CCOC(c2ccc(F)cc2)C1. The Morgan fingerprint density at radius 3 is 2.68 bits per heavy atom. The fourth-order valence-electron chi connectivity index (χ4n) is 2.66. The number of morpholine rings is 2. The predicted octanol–water partition coefficient (Wildman–Crippen LogP) is 1.14. The van der Waals surface area contributed by atoms with Crippen LogP contribution in [0.3, 0.4) is 0 Å². The van der Waals surface area contributed by atoms with Crippen molar-refractivity contribution in [1.29, 1.82) is 0 Å². The molecule has 2 aliphatic heterocycles. The molecule has 1 aromatic carbocycles. The topological polar surface area (TPSA) is 50.8 Å². The molecule has 0 radical (unpaired) electrons. The summed E-state index contributed by atoms with van der Waals surface area (Å²) in [7, 11) is 0. The third-order valence-corrected chi connectivity index (χ3v) is 3.82. The molecular formula is C15H20ClFN2O3. The van der Waals surface area contributed by atoms with Crippen molar-refractivity contribution in [1.82, 2.24) is 10.2 Å². The van der Waals surface area contributed by atoms with Crippen LogP contribution >= 0.6 is 12.4 Å². The van der Waals surface area contributed by atoms with Crippen LogP contribution in [0.5, 0.6) is 0 Å². The number of hydrogen-bond donors (Lipinski definition) is 1. The summed E-state index contributed by atoms with van der Waals surface area (Å²) < 4.78 is 24.2. The second-order valence-electron chi connectivity index (χ2n) is 5.26. The van der Waals surface area contributed by atoms with E-state index in [-0.39, 0.29) is 30.2 Å². The van der Waals surface area contributed by atoms with Gasteiger partial charge in [0.05, 0.1) is 19.8 Å². The number of ether oxygens (including phenoxy) is 2. The molecule has 0 spiro atoms. The predicted molar refractivity (Wildman–Crippen MR) is 81.5 cm³/mol. The molecular weight excluding hydrogens is 311 g/mol. The summed E-state index contributed by atoms with van der Waals surface area (Å²) in [6, 6.07) is 6.22. The molecule has 5 nitrogen and oxygen atoms in total. The maximum atomic E-state index is 13.0. The molecule has 7 heteroatoms. The van der Waals surface area contributed by atoms with E-state index in [0.29, 0.717) is 32.8 Å². The zero-order chi connectivity index (χ0) is 14.7. The van der Waals surface area contributed by atoms with Crippen molar-refractivity contribution in [3.05, 3.63) is 35.6 Å². The Kier molecular flexibility index (Phi) is 6.14. The number of nitrogens with zero attached hydrogens (tertiary/aromatic N) is 1. The third kappa shape index (κ3) is 3.95. The number of hydrogen-bond acceptors (Lipinski definition) is 4. The molecule has 2 fully saturated rings. The molecule has 0 saturated carbocycles. The molecule has 2 atom stereocenters. The van der Waals surface area contributed by atoms with Gasteiger partial charge in [0.1, 0.15) is 18.0 Å². The average molecular weight is 331 g/mol. The van der Waals surface area contributed by atoms with Crippen LogP contribution in [0.1, 0.15) is 11.7 Å². The molecule has 2 unspecified atom stereocenters. The minimum atomic E-state index is -0.411. The summed E-state index contributed by atoms with van der Waals surface area (Å²) in [4.78, 5) is 14.2. The minimum Gasteiger partial charge on any atom is -0.370 e. The molecule has 3 rings (SSSR count). The standard InChI is InChI=1S/C15H19FN2O3.ClH/c16-12-3-1-11(2-4-12)14-10-18(6-8-21-14)15(19)13-9-17-5-7-20-13;/h1-4,13-14,17H,5-10H2;1H. The number of carbonyl (C=O) groups excluding carboxylic acids is 1. The van der Waals surface area contributed by atoms with Gasteiger partial charge in [0, 0.05) is 19.6 Å². The maximum absolute atomic E-state index is 13.0. The fourth-order valence-corrected chi connectivity index (χ4v) is 2.66. The quantitative estimate of drug-likeness (QED) is 0.883. The van der Waals surface area contributed by atoms with Crippen LogP contribution in [0.15, 0.2) is 24.3 Å². The molecule has 2 saturated heterocycles. The zero-order valence-electron chi connectivity index (χ0n) is 12.2. The van der Waals surface area contributed by atoms with E-state index in [9.17, 15) is 9.18 Å². The van der Waals surface area contributed by atoms with Gasteiger partial charge >= 0.3 is 0 Å². The van der Waals surface area contributed by atoms with E-state index in [0.717, 1.165) is 12.1 Å². The van der Waals surface area contributed by atoms with Crippen molar-refractivity contribution in [2.75, 3.05) is 39.4 Å². The van der Waals surface area contributed by atoms with Crippen molar-refractivity contribution >= 4 is 18.3 Å². The first-order valence-electron chi connectivity index (χ1n) is 7.22. The minimum absolute atomic E-state index is 0. The second kappa shape index (κ2) is 7.87. The molecule has 0 bridgehead atoms. The highest BCUT2D eigenvalue weighted by Gasteiger charge is 2.31. The number of benzene rings is 1. The molecule has 122 valence electrons. The highest BCUT2D eigenvalue weighted by Crippen LogP contribution is 2.23. The van der Waals surface area contributed by atoms with Crippen LogP contribution in [0.25, 0.3) is 0 Å². The lowest BCUT2D eigenvalue weighted by Crippen LogP contribution is -2.52. The highest BCUT2D eigenvalue weighted by atomic mass is 35.5. The van der Waals surface area contributed by atoms with Crippen molar-refractivity contribution < 1.29 is 18.7 Å². The van der Waals surface area contributed by atoms with Gasteiger partial charge in [-0.1, -0.05) is 12.1 Å². The summed E-state index contributed by atoms with van der Waals surface area (Å²) in [5, 5.41) is 3.16. The molecule has 2 aliphatic rings. The van der Waals surface area contributed by atoms with Gasteiger partial charge < -0.3 is 19.7 Å². The molecule has 0 aliphatic carbocycles. The normalized spacial score (nSPS) is 25.4. The van der Waals surface area contributed by atoms with Crippen molar-refractivity contribution in [2.24, 2.45) is 0 Å². The highest BCUT2D eigenvalue weighted by molar-refractivity contribution is 5.85. The average Bonchev–Trinajstić information content (AvgIpc) is 2.56. The largest absolute Gasteiger partial charge is 0.370 e. The number of halogens is 2. The first-order valence-corrected chi connectivity index (χ1v) is 7.22. The van der Waals surface area contributed by atoms with Crippen molar-refractivity contribution in [3.63, 3.8) is 0 Å². The van der Waals surface area contributed by atoms with Gasteiger partial charge in [-0.15, -0.1) is 12.4 Å². The van der Waals surface area contributed by atoms with Gasteiger partial charge in [0.2, 0.25) is 0 Å². The molecule has 2 heterocycles.